The Hall–Kier alpha value is -4.19. The molecule has 0 saturated carbocycles. The van der Waals surface area contributed by atoms with Gasteiger partial charge in [-0.15, -0.1) is 0 Å². The van der Waals surface area contributed by atoms with Crippen LogP contribution >= 0.6 is 0 Å². The van der Waals surface area contributed by atoms with Crippen LogP contribution in [0.1, 0.15) is 6.92 Å². The monoisotopic (exact) mass is 470 g/mol. The van der Waals surface area contributed by atoms with E-state index in [0.717, 1.165) is 11.5 Å². The highest BCUT2D eigenvalue weighted by Gasteiger charge is 2.16. The zero-order valence-electron chi connectivity index (χ0n) is 17.3. The van der Waals surface area contributed by atoms with E-state index in [1.54, 1.807) is 18.2 Å². The van der Waals surface area contributed by atoms with E-state index < -0.39 is 27.4 Å². The second-order valence-corrected chi connectivity index (χ2v) is 8.72. The van der Waals surface area contributed by atoms with Crippen LogP contribution in [-0.2, 0) is 26.2 Å². The SMILES string of the molecule is CC(=O)NS(=O)(=O)c1ccc(NC(=O)Cn2cnc(-c3ccc4c(c3)OCO4)cc2=O)cc1. The Morgan fingerprint density at radius 2 is 1.79 bits per heavy atom. The summed E-state index contributed by atoms with van der Waals surface area (Å²) in [6.07, 6.45) is 1.27. The van der Waals surface area contributed by atoms with Crippen molar-refractivity contribution >= 4 is 27.5 Å². The zero-order valence-corrected chi connectivity index (χ0v) is 18.1. The number of benzene rings is 2. The Kier molecular flexibility index (Phi) is 5.84. The number of rotatable bonds is 6. The average Bonchev–Trinajstić information content (AvgIpc) is 3.22. The van der Waals surface area contributed by atoms with Crippen molar-refractivity contribution in [1.82, 2.24) is 14.3 Å². The molecule has 0 aliphatic carbocycles. The van der Waals surface area contributed by atoms with Gasteiger partial charge >= 0.3 is 0 Å². The number of anilines is 1. The summed E-state index contributed by atoms with van der Waals surface area (Å²) in [7, 11) is -3.97. The predicted molar refractivity (Wildman–Crippen MR) is 116 cm³/mol. The summed E-state index contributed by atoms with van der Waals surface area (Å²) in [5.74, 6) is -0.0403. The lowest BCUT2D eigenvalue weighted by molar-refractivity contribution is -0.117. The highest BCUT2D eigenvalue weighted by Crippen LogP contribution is 2.35. The third-order valence-electron chi connectivity index (χ3n) is 4.59. The van der Waals surface area contributed by atoms with E-state index in [1.807, 2.05) is 4.72 Å². The highest BCUT2D eigenvalue weighted by molar-refractivity contribution is 7.90. The quantitative estimate of drug-likeness (QED) is 0.545. The smallest absolute Gasteiger partial charge is 0.264 e. The number of hydrogen-bond donors (Lipinski definition) is 2. The Morgan fingerprint density at radius 3 is 2.48 bits per heavy atom. The molecular formula is C21H18N4O7S. The third kappa shape index (κ3) is 5.01. The lowest BCUT2D eigenvalue weighted by atomic mass is 10.1. The number of fused-ring (bicyclic) bond motifs is 1. The molecule has 33 heavy (non-hydrogen) atoms. The number of nitrogens with zero attached hydrogens (tertiary/aromatic N) is 2. The van der Waals surface area contributed by atoms with E-state index in [0.29, 0.717) is 28.4 Å². The Bertz CT molecular complexity index is 1400. The van der Waals surface area contributed by atoms with Crippen LogP contribution in [0.15, 0.2) is 64.5 Å². The van der Waals surface area contributed by atoms with Crippen molar-refractivity contribution in [3.05, 3.63) is 65.2 Å². The molecule has 0 unspecified atom stereocenters. The standard InChI is InChI=1S/C21H18N4O7S/c1-13(26)24-33(29,30)16-5-3-15(4-6-16)23-20(27)10-25-11-22-17(9-21(25)28)14-2-7-18-19(8-14)32-12-31-18/h2-9,11H,10,12H2,1H3,(H,23,27)(H,24,26). The van der Waals surface area contributed by atoms with Gasteiger partial charge in [-0.05, 0) is 42.5 Å². The summed E-state index contributed by atoms with van der Waals surface area (Å²) in [4.78, 5) is 39.9. The van der Waals surface area contributed by atoms with Crippen molar-refractivity contribution in [1.29, 1.82) is 0 Å². The van der Waals surface area contributed by atoms with E-state index in [-0.39, 0.29) is 18.2 Å². The molecule has 0 saturated heterocycles. The van der Waals surface area contributed by atoms with Crippen molar-refractivity contribution in [2.45, 2.75) is 18.4 Å². The minimum atomic E-state index is -3.97. The topological polar surface area (TPSA) is 146 Å². The van der Waals surface area contributed by atoms with Crippen LogP contribution in [0.2, 0.25) is 0 Å². The first kappa shape index (κ1) is 22.0. The molecule has 0 fully saturated rings. The number of ether oxygens (including phenoxy) is 2. The van der Waals surface area contributed by atoms with Gasteiger partial charge < -0.3 is 14.8 Å². The van der Waals surface area contributed by atoms with Gasteiger partial charge in [0.25, 0.3) is 15.6 Å². The van der Waals surface area contributed by atoms with Crippen LogP contribution < -0.4 is 25.1 Å². The van der Waals surface area contributed by atoms with E-state index in [2.05, 4.69) is 10.3 Å². The van der Waals surface area contributed by atoms with Crippen LogP contribution in [0.5, 0.6) is 11.5 Å². The van der Waals surface area contributed by atoms with E-state index in [4.69, 9.17) is 9.47 Å². The summed E-state index contributed by atoms with van der Waals surface area (Å²) in [6, 6.07) is 11.7. The molecule has 3 aromatic rings. The molecule has 0 spiro atoms. The van der Waals surface area contributed by atoms with Gasteiger partial charge in [0.2, 0.25) is 18.6 Å². The van der Waals surface area contributed by atoms with Crippen molar-refractivity contribution in [2.75, 3.05) is 12.1 Å². The number of carbonyl (C=O) groups is 2. The zero-order chi connectivity index (χ0) is 23.6. The van der Waals surface area contributed by atoms with Crippen LogP contribution in [-0.4, -0.2) is 36.6 Å². The molecule has 1 aliphatic rings. The summed E-state index contributed by atoms with van der Waals surface area (Å²) in [5, 5.41) is 2.57. The normalized spacial score (nSPS) is 12.3. The van der Waals surface area contributed by atoms with Gasteiger partial charge in [0, 0.05) is 24.2 Å². The van der Waals surface area contributed by atoms with Gasteiger partial charge in [-0.3, -0.25) is 19.0 Å². The lowest BCUT2D eigenvalue weighted by Crippen LogP contribution is -2.28. The Labute approximate surface area is 188 Å². The molecule has 0 bridgehead atoms. The number of hydrogen-bond acceptors (Lipinski definition) is 8. The van der Waals surface area contributed by atoms with Crippen molar-refractivity contribution < 1.29 is 27.5 Å². The molecule has 11 nitrogen and oxygen atoms in total. The van der Waals surface area contributed by atoms with Crippen LogP contribution in [0.3, 0.4) is 0 Å². The van der Waals surface area contributed by atoms with E-state index in [9.17, 15) is 22.8 Å². The predicted octanol–water partition coefficient (Wildman–Crippen LogP) is 1.10. The van der Waals surface area contributed by atoms with Crippen molar-refractivity contribution in [3.8, 4) is 22.8 Å². The molecule has 12 heteroatoms. The summed E-state index contributed by atoms with van der Waals surface area (Å²) >= 11 is 0. The van der Waals surface area contributed by atoms with Crippen LogP contribution in [0.25, 0.3) is 11.3 Å². The fourth-order valence-electron chi connectivity index (χ4n) is 3.08. The number of aromatic nitrogens is 2. The maximum atomic E-state index is 12.5. The molecule has 2 amide bonds. The fourth-order valence-corrected chi connectivity index (χ4v) is 4.07. The second kappa shape index (κ2) is 8.74. The second-order valence-electron chi connectivity index (χ2n) is 7.04. The van der Waals surface area contributed by atoms with Gasteiger partial charge in [0.1, 0.15) is 6.54 Å². The first-order valence-electron chi connectivity index (χ1n) is 9.61. The third-order valence-corrected chi connectivity index (χ3v) is 6.04. The molecule has 4 rings (SSSR count). The number of amides is 2. The highest BCUT2D eigenvalue weighted by atomic mass is 32.2. The molecule has 1 aromatic heterocycles. The summed E-state index contributed by atoms with van der Waals surface area (Å²) in [5.41, 5.74) is 0.984. The van der Waals surface area contributed by atoms with Crippen LogP contribution in [0, 0.1) is 0 Å². The van der Waals surface area contributed by atoms with Gasteiger partial charge in [-0.1, -0.05) is 0 Å². The van der Waals surface area contributed by atoms with Crippen LogP contribution in [0.4, 0.5) is 5.69 Å². The average molecular weight is 470 g/mol. The lowest BCUT2D eigenvalue weighted by Gasteiger charge is -2.09. The van der Waals surface area contributed by atoms with E-state index >= 15 is 0 Å². The maximum absolute atomic E-state index is 12.5. The fraction of sp³-hybridized carbons (Fsp3) is 0.143. The van der Waals surface area contributed by atoms with E-state index in [1.165, 1.54) is 36.7 Å². The number of nitrogens with one attached hydrogen (secondary N) is 2. The molecule has 2 heterocycles. The number of carbonyl (C=O) groups excluding carboxylic acids is 2. The Balaban J connectivity index is 1.42. The summed E-state index contributed by atoms with van der Waals surface area (Å²) in [6.45, 7) is 0.931. The van der Waals surface area contributed by atoms with Gasteiger partial charge in [0.15, 0.2) is 11.5 Å². The summed E-state index contributed by atoms with van der Waals surface area (Å²) < 4.78 is 37.5. The molecule has 2 N–H and O–H groups in total. The van der Waals surface area contributed by atoms with Gasteiger partial charge in [0.05, 0.1) is 16.9 Å². The maximum Gasteiger partial charge on any atom is 0.264 e. The molecular weight excluding hydrogens is 452 g/mol. The van der Waals surface area contributed by atoms with Gasteiger partial charge in [-0.25, -0.2) is 18.1 Å². The molecule has 2 aromatic carbocycles. The van der Waals surface area contributed by atoms with Crippen molar-refractivity contribution in [3.63, 3.8) is 0 Å². The van der Waals surface area contributed by atoms with Gasteiger partial charge in [-0.2, -0.15) is 0 Å². The minimum absolute atomic E-state index is 0.129. The first-order chi connectivity index (χ1) is 15.7. The molecule has 1 aliphatic heterocycles. The largest absolute Gasteiger partial charge is 0.454 e. The molecule has 0 atom stereocenters. The minimum Gasteiger partial charge on any atom is -0.454 e. The number of sulfonamides is 1. The van der Waals surface area contributed by atoms with Crippen molar-refractivity contribution in [2.24, 2.45) is 0 Å². The first-order valence-corrected chi connectivity index (χ1v) is 11.1. The molecule has 170 valence electrons. The Morgan fingerprint density at radius 1 is 1.06 bits per heavy atom. The molecule has 0 radical (unpaired) electrons.